The van der Waals surface area contributed by atoms with E-state index in [0.29, 0.717) is 0 Å². The predicted molar refractivity (Wildman–Crippen MR) is 93.6 cm³/mol. The third kappa shape index (κ3) is 7.96. The zero-order valence-electron chi connectivity index (χ0n) is 14.7. The minimum absolute atomic E-state index is 0.0531. The molecule has 1 aliphatic heterocycles. The van der Waals surface area contributed by atoms with Gasteiger partial charge in [-0.25, -0.2) is 0 Å². The number of unbranched alkanes of at least 4 members (excludes halogenated alkanes) is 8. The van der Waals surface area contributed by atoms with Gasteiger partial charge in [0.1, 0.15) is 0 Å². The lowest BCUT2D eigenvalue weighted by atomic mass is 10.0. The van der Waals surface area contributed by atoms with Gasteiger partial charge >= 0.3 is 0 Å². The van der Waals surface area contributed by atoms with Gasteiger partial charge in [-0.1, -0.05) is 78.1 Å². The molecule has 0 radical (unpaired) electrons. The van der Waals surface area contributed by atoms with E-state index in [1.165, 1.54) is 44.9 Å². The summed E-state index contributed by atoms with van der Waals surface area (Å²) in [6.45, 7) is 4.40. The van der Waals surface area contributed by atoms with Gasteiger partial charge < -0.3 is 0 Å². The summed E-state index contributed by atoms with van der Waals surface area (Å²) in [4.78, 5) is 0. The molecule has 132 valence electrons. The molecule has 0 spiro atoms. The molecule has 0 aromatic carbocycles. The third-order valence-electron chi connectivity index (χ3n) is 4.75. The van der Waals surface area contributed by atoms with Gasteiger partial charge in [-0.3, -0.25) is 4.18 Å². The first-order valence-corrected chi connectivity index (χ1v) is 11.0. The Morgan fingerprint density at radius 1 is 0.773 bits per heavy atom. The molecule has 0 N–H and O–H groups in total. The lowest BCUT2D eigenvalue weighted by molar-refractivity contribution is 0.157. The Labute approximate surface area is 138 Å². The summed E-state index contributed by atoms with van der Waals surface area (Å²) in [6, 6.07) is 0. The molecule has 1 saturated heterocycles. The van der Waals surface area contributed by atoms with Gasteiger partial charge in [0.05, 0.1) is 11.4 Å². The molecule has 4 heteroatoms. The van der Waals surface area contributed by atoms with Gasteiger partial charge in [0, 0.05) is 0 Å². The maximum absolute atomic E-state index is 12.2. The lowest BCUT2D eigenvalue weighted by Gasteiger charge is -2.28. The Bertz CT molecular complexity index is 365. The Balaban J connectivity index is 2.20. The number of hydrogen-bond donors (Lipinski definition) is 0. The van der Waals surface area contributed by atoms with Crippen LogP contribution in [0.15, 0.2) is 0 Å². The van der Waals surface area contributed by atoms with Crippen molar-refractivity contribution in [1.82, 2.24) is 0 Å². The van der Waals surface area contributed by atoms with E-state index in [2.05, 4.69) is 13.8 Å². The van der Waals surface area contributed by atoms with Gasteiger partial charge in [-0.05, 0) is 25.7 Å². The normalized spacial score (nSPS) is 24.5. The molecule has 0 unspecified atom stereocenters. The maximum Gasteiger partial charge on any atom is 0.270 e. The summed E-state index contributed by atoms with van der Waals surface area (Å²) in [5.41, 5.74) is 0. The van der Waals surface area contributed by atoms with E-state index in [1.54, 1.807) is 0 Å². The summed E-state index contributed by atoms with van der Waals surface area (Å²) in [6.07, 6.45) is 15.4. The summed E-state index contributed by atoms with van der Waals surface area (Å²) in [7, 11) is -3.31. The van der Waals surface area contributed by atoms with Crippen LogP contribution >= 0.6 is 0 Å². The molecule has 3 nitrogen and oxygen atoms in total. The summed E-state index contributed by atoms with van der Waals surface area (Å²) >= 11 is 0. The molecule has 0 amide bonds. The smallest absolute Gasteiger partial charge is 0.267 e. The van der Waals surface area contributed by atoms with Crippen molar-refractivity contribution in [1.29, 1.82) is 0 Å². The fourth-order valence-corrected chi connectivity index (χ4v) is 4.87. The van der Waals surface area contributed by atoms with E-state index in [0.717, 1.165) is 44.9 Å². The van der Waals surface area contributed by atoms with E-state index in [9.17, 15) is 8.42 Å². The first-order chi connectivity index (χ1) is 10.6. The molecular weight excluding hydrogens is 296 g/mol. The zero-order chi connectivity index (χ0) is 16.3. The highest BCUT2D eigenvalue weighted by molar-refractivity contribution is 7.87. The van der Waals surface area contributed by atoms with Crippen LogP contribution in [0.4, 0.5) is 0 Å². The van der Waals surface area contributed by atoms with Crippen molar-refractivity contribution in [3.63, 3.8) is 0 Å². The van der Waals surface area contributed by atoms with E-state index in [1.807, 2.05) is 0 Å². The van der Waals surface area contributed by atoms with E-state index in [-0.39, 0.29) is 11.4 Å². The lowest BCUT2D eigenvalue weighted by Crippen LogP contribution is -2.34. The Morgan fingerprint density at radius 3 is 1.95 bits per heavy atom. The fourth-order valence-electron chi connectivity index (χ4n) is 3.26. The standard InChI is InChI=1S/C18H36O3S/c1-3-5-7-9-10-12-14-18-16-15-17(21-22(18,19)20)13-11-8-6-4-2/h17-18H,3-16H2,1-2H3/t17-,18-/m1/s1. The number of hydrogen-bond acceptors (Lipinski definition) is 3. The molecule has 2 atom stereocenters. The quantitative estimate of drug-likeness (QED) is 0.346. The van der Waals surface area contributed by atoms with Gasteiger partial charge in [0.2, 0.25) is 0 Å². The minimum Gasteiger partial charge on any atom is -0.267 e. The Kier molecular flexibility index (Phi) is 10.4. The van der Waals surface area contributed by atoms with Crippen LogP contribution in [-0.2, 0) is 14.3 Å². The molecule has 1 heterocycles. The maximum atomic E-state index is 12.2. The molecule has 1 aliphatic rings. The minimum atomic E-state index is -3.31. The first kappa shape index (κ1) is 20.0. The molecule has 1 rings (SSSR count). The first-order valence-electron chi connectivity index (χ1n) is 9.52. The molecule has 0 saturated carbocycles. The van der Waals surface area contributed by atoms with Gasteiger partial charge in [-0.2, -0.15) is 8.42 Å². The van der Waals surface area contributed by atoms with Crippen molar-refractivity contribution in [2.75, 3.05) is 0 Å². The predicted octanol–water partition coefficient (Wildman–Crippen LogP) is 5.58. The number of rotatable bonds is 12. The third-order valence-corrected chi connectivity index (χ3v) is 6.58. The van der Waals surface area contributed by atoms with E-state index >= 15 is 0 Å². The van der Waals surface area contributed by atoms with Gasteiger partial charge in [0.15, 0.2) is 0 Å². The van der Waals surface area contributed by atoms with Crippen LogP contribution in [0.25, 0.3) is 0 Å². The monoisotopic (exact) mass is 332 g/mol. The van der Waals surface area contributed by atoms with Gasteiger partial charge in [-0.15, -0.1) is 0 Å². The van der Waals surface area contributed by atoms with Crippen molar-refractivity contribution in [2.45, 2.75) is 115 Å². The van der Waals surface area contributed by atoms with Crippen LogP contribution in [0, 0.1) is 0 Å². The zero-order valence-corrected chi connectivity index (χ0v) is 15.5. The Morgan fingerprint density at radius 2 is 1.32 bits per heavy atom. The second-order valence-corrected chi connectivity index (χ2v) is 8.66. The molecule has 0 aliphatic carbocycles. The van der Waals surface area contributed by atoms with Crippen LogP contribution < -0.4 is 0 Å². The summed E-state index contributed by atoms with van der Waals surface area (Å²) < 4.78 is 29.9. The van der Waals surface area contributed by atoms with Crippen LogP contribution in [0.2, 0.25) is 0 Å². The molecule has 0 aromatic heterocycles. The SMILES string of the molecule is CCCCCCCC[C@@H]1CC[C@@H](CCCCCC)OS1(=O)=O. The van der Waals surface area contributed by atoms with Crippen molar-refractivity contribution < 1.29 is 12.6 Å². The average molecular weight is 333 g/mol. The second kappa shape index (κ2) is 11.4. The molecule has 0 aromatic rings. The second-order valence-electron chi connectivity index (χ2n) is 6.82. The molecule has 0 bridgehead atoms. The van der Waals surface area contributed by atoms with Crippen LogP contribution in [0.3, 0.4) is 0 Å². The Hall–Kier alpha value is -0.0900. The average Bonchev–Trinajstić information content (AvgIpc) is 2.48. The van der Waals surface area contributed by atoms with Crippen LogP contribution in [-0.4, -0.2) is 19.8 Å². The molecule has 22 heavy (non-hydrogen) atoms. The fraction of sp³-hybridized carbons (Fsp3) is 1.00. The molecule has 1 fully saturated rings. The van der Waals surface area contributed by atoms with E-state index < -0.39 is 10.1 Å². The van der Waals surface area contributed by atoms with Crippen molar-refractivity contribution in [2.24, 2.45) is 0 Å². The van der Waals surface area contributed by atoms with Gasteiger partial charge in [0.25, 0.3) is 10.1 Å². The van der Waals surface area contributed by atoms with Crippen LogP contribution in [0.1, 0.15) is 104 Å². The van der Waals surface area contributed by atoms with Crippen molar-refractivity contribution in [3.05, 3.63) is 0 Å². The highest BCUT2D eigenvalue weighted by Gasteiger charge is 2.34. The largest absolute Gasteiger partial charge is 0.270 e. The highest BCUT2D eigenvalue weighted by Crippen LogP contribution is 2.29. The highest BCUT2D eigenvalue weighted by atomic mass is 32.2. The van der Waals surface area contributed by atoms with Crippen molar-refractivity contribution in [3.8, 4) is 0 Å². The van der Waals surface area contributed by atoms with Crippen LogP contribution in [0.5, 0.6) is 0 Å². The van der Waals surface area contributed by atoms with E-state index in [4.69, 9.17) is 4.18 Å². The summed E-state index contributed by atoms with van der Waals surface area (Å²) in [5, 5.41) is -0.245. The van der Waals surface area contributed by atoms with Crippen molar-refractivity contribution >= 4 is 10.1 Å². The summed E-state index contributed by atoms with van der Waals surface area (Å²) in [5.74, 6) is 0. The molecular formula is C18H36O3S. The topological polar surface area (TPSA) is 43.4 Å².